The van der Waals surface area contributed by atoms with Gasteiger partial charge < -0.3 is 9.15 Å². The summed E-state index contributed by atoms with van der Waals surface area (Å²) in [6.45, 7) is 0.398. The molecule has 0 aliphatic rings. The third-order valence-electron chi connectivity index (χ3n) is 3.95. The van der Waals surface area contributed by atoms with Gasteiger partial charge in [0.25, 0.3) is 5.89 Å². The second kappa shape index (κ2) is 7.51. The van der Waals surface area contributed by atoms with Crippen molar-refractivity contribution in [2.24, 2.45) is 0 Å². The number of ether oxygens (including phenoxy) is 1. The van der Waals surface area contributed by atoms with Crippen LogP contribution in [0.2, 0.25) is 0 Å². The van der Waals surface area contributed by atoms with Crippen LogP contribution in [0.1, 0.15) is 17.9 Å². The Morgan fingerprint density at radius 1 is 0.964 bits per heavy atom. The molecule has 28 heavy (non-hydrogen) atoms. The molecule has 0 aliphatic heterocycles. The molecule has 2 aromatic heterocycles. The number of tetrazole rings is 1. The quantitative estimate of drug-likeness (QED) is 0.503. The monoisotopic (exact) mass is 384 g/mol. The van der Waals surface area contributed by atoms with Gasteiger partial charge in [0, 0.05) is 11.1 Å². The van der Waals surface area contributed by atoms with Crippen molar-refractivity contribution < 1.29 is 17.9 Å². The fourth-order valence-electron chi connectivity index (χ4n) is 2.52. The number of halogens is 2. The lowest BCUT2D eigenvalue weighted by Gasteiger charge is -2.01. The Morgan fingerprint density at radius 3 is 2.32 bits per heavy atom. The minimum absolute atomic E-state index is 0.0440. The Labute approximate surface area is 157 Å². The number of aromatic nitrogens is 6. The van der Waals surface area contributed by atoms with Crippen LogP contribution in [0.15, 0.2) is 52.9 Å². The van der Waals surface area contributed by atoms with E-state index in [0.717, 1.165) is 16.9 Å². The first-order valence-corrected chi connectivity index (χ1v) is 8.25. The molecule has 4 aromatic rings. The van der Waals surface area contributed by atoms with Crippen molar-refractivity contribution >= 4 is 0 Å². The maximum Gasteiger partial charge on any atom is 0.314 e. The first-order chi connectivity index (χ1) is 13.6. The maximum atomic E-state index is 12.5. The summed E-state index contributed by atoms with van der Waals surface area (Å²) >= 11 is 0. The van der Waals surface area contributed by atoms with Gasteiger partial charge in [-0.25, -0.2) is 0 Å². The van der Waals surface area contributed by atoms with Crippen LogP contribution in [0.3, 0.4) is 0 Å². The first-order valence-electron chi connectivity index (χ1n) is 8.25. The molecule has 0 atom stereocenters. The molecule has 4 rings (SSSR count). The van der Waals surface area contributed by atoms with Crippen LogP contribution in [0.25, 0.3) is 22.8 Å². The summed E-state index contributed by atoms with van der Waals surface area (Å²) in [6, 6.07) is 14.4. The summed E-state index contributed by atoms with van der Waals surface area (Å²) < 4.78 is 35.1. The molecule has 0 amide bonds. The second-order valence-electron chi connectivity index (χ2n) is 5.82. The van der Waals surface area contributed by atoms with Crippen molar-refractivity contribution in [1.82, 2.24) is 30.4 Å². The zero-order valence-electron chi connectivity index (χ0n) is 14.7. The summed E-state index contributed by atoms with van der Waals surface area (Å²) in [5.74, 6) is 0.599. The largest absolute Gasteiger partial charge is 0.497 e. The third-order valence-corrected chi connectivity index (χ3v) is 3.95. The van der Waals surface area contributed by atoms with Gasteiger partial charge in [-0.2, -0.15) is 13.6 Å². The molecule has 0 bridgehead atoms. The van der Waals surface area contributed by atoms with E-state index in [1.807, 2.05) is 24.3 Å². The standard InChI is InChI=1S/C18H14F2N6O2/c1-27-14-8-6-12(7-9-14)16-21-25-26(24-16)10-11-2-4-13(5-3-11)17-22-23-18(28-17)15(19)20/h2-9,15H,10H2,1H3. The Kier molecular flexibility index (Phi) is 4.75. The molecule has 0 saturated carbocycles. The average Bonchev–Trinajstić information content (AvgIpc) is 3.39. The van der Waals surface area contributed by atoms with Crippen LogP contribution in [0, 0.1) is 0 Å². The molecule has 10 heteroatoms. The average molecular weight is 384 g/mol. The van der Waals surface area contributed by atoms with Gasteiger partial charge in [0.2, 0.25) is 11.7 Å². The minimum atomic E-state index is -2.79. The van der Waals surface area contributed by atoms with E-state index in [4.69, 9.17) is 9.15 Å². The Morgan fingerprint density at radius 2 is 1.68 bits per heavy atom. The molecule has 0 unspecified atom stereocenters. The molecule has 2 aromatic carbocycles. The zero-order chi connectivity index (χ0) is 19.5. The molecule has 0 aliphatic carbocycles. The zero-order valence-corrected chi connectivity index (χ0v) is 14.7. The fourth-order valence-corrected chi connectivity index (χ4v) is 2.52. The van der Waals surface area contributed by atoms with Crippen LogP contribution in [0.4, 0.5) is 8.78 Å². The molecular formula is C18H14F2N6O2. The highest BCUT2D eigenvalue weighted by molar-refractivity contribution is 5.55. The number of methoxy groups -OCH3 is 1. The summed E-state index contributed by atoms with van der Waals surface area (Å²) in [7, 11) is 1.60. The Hall–Kier alpha value is -3.69. The van der Waals surface area contributed by atoms with Crippen LogP contribution >= 0.6 is 0 Å². The maximum absolute atomic E-state index is 12.5. The topological polar surface area (TPSA) is 91.8 Å². The lowest BCUT2D eigenvalue weighted by molar-refractivity contribution is 0.116. The van der Waals surface area contributed by atoms with Gasteiger partial charge in [0.05, 0.1) is 13.7 Å². The van der Waals surface area contributed by atoms with Crippen molar-refractivity contribution in [1.29, 1.82) is 0 Å². The number of hydrogen-bond donors (Lipinski definition) is 0. The van der Waals surface area contributed by atoms with Gasteiger partial charge in [-0.3, -0.25) is 0 Å². The first kappa shape index (κ1) is 17.7. The van der Waals surface area contributed by atoms with Gasteiger partial charge in [-0.05, 0) is 47.2 Å². The summed E-state index contributed by atoms with van der Waals surface area (Å²) in [5, 5.41) is 19.4. The second-order valence-corrected chi connectivity index (χ2v) is 5.82. The van der Waals surface area contributed by atoms with Gasteiger partial charge in [0.15, 0.2) is 0 Å². The predicted octanol–water partition coefficient (Wildman–Crippen LogP) is 3.38. The van der Waals surface area contributed by atoms with Crippen molar-refractivity contribution in [2.45, 2.75) is 13.0 Å². The van der Waals surface area contributed by atoms with Crippen LogP contribution < -0.4 is 4.74 Å². The van der Waals surface area contributed by atoms with E-state index in [2.05, 4.69) is 25.6 Å². The fraction of sp³-hybridized carbons (Fsp3) is 0.167. The van der Waals surface area contributed by atoms with Crippen molar-refractivity contribution in [3.05, 3.63) is 60.0 Å². The van der Waals surface area contributed by atoms with Gasteiger partial charge >= 0.3 is 6.43 Å². The summed E-state index contributed by atoms with van der Waals surface area (Å²) in [6.07, 6.45) is -2.79. The smallest absolute Gasteiger partial charge is 0.314 e. The normalized spacial score (nSPS) is 11.1. The molecule has 142 valence electrons. The van der Waals surface area contributed by atoms with E-state index in [1.54, 1.807) is 31.4 Å². The predicted molar refractivity (Wildman–Crippen MR) is 93.6 cm³/mol. The van der Waals surface area contributed by atoms with E-state index in [9.17, 15) is 8.78 Å². The molecule has 0 spiro atoms. The van der Waals surface area contributed by atoms with Crippen molar-refractivity contribution in [3.8, 4) is 28.6 Å². The Bertz CT molecular complexity index is 1060. The number of rotatable bonds is 6. The molecule has 0 radical (unpaired) electrons. The van der Waals surface area contributed by atoms with Crippen molar-refractivity contribution in [3.63, 3.8) is 0 Å². The van der Waals surface area contributed by atoms with Crippen LogP contribution in [-0.4, -0.2) is 37.5 Å². The van der Waals surface area contributed by atoms with Crippen LogP contribution in [-0.2, 0) is 6.54 Å². The highest BCUT2D eigenvalue weighted by Gasteiger charge is 2.17. The molecule has 0 saturated heterocycles. The summed E-state index contributed by atoms with van der Waals surface area (Å²) in [5.41, 5.74) is 2.28. The number of nitrogens with zero attached hydrogens (tertiary/aromatic N) is 6. The molecule has 8 nitrogen and oxygen atoms in total. The molecule has 2 heterocycles. The lowest BCUT2D eigenvalue weighted by atomic mass is 10.1. The van der Waals surface area contributed by atoms with Gasteiger partial charge in [0.1, 0.15) is 5.75 Å². The van der Waals surface area contributed by atoms with E-state index < -0.39 is 12.3 Å². The third kappa shape index (κ3) is 3.70. The van der Waals surface area contributed by atoms with Crippen molar-refractivity contribution in [2.75, 3.05) is 7.11 Å². The van der Waals surface area contributed by atoms with Crippen LogP contribution in [0.5, 0.6) is 5.75 Å². The number of hydrogen-bond acceptors (Lipinski definition) is 7. The lowest BCUT2D eigenvalue weighted by Crippen LogP contribution is -2.03. The van der Waals surface area contributed by atoms with Gasteiger partial charge in [-0.1, -0.05) is 12.1 Å². The van der Waals surface area contributed by atoms with E-state index in [-0.39, 0.29) is 5.89 Å². The number of alkyl halides is 2. The highest BCUT2D eigenvalue weighted by atomic mass is 19.3. The molecule has 0 N–H and O–H groups in total. The summed E-state index contributed by atoms with van der Waals surface area (Å²) in [4.78, 5) is 1.47. The molecule has 0 fully saturated rings. The highest BCUT2D eigenvalue weighted by Crippen LogP contribution is 2.23. The minimum Gasteiger partial charge on any atom is -0.497 e. The van der Waals surface area contributed by atoms with E-state index in [0.29, 0.717) is 17.9 Å². The van der Waals surface area contributed by atoms with Gasteiger partial charge in [-0.15, -0.1) is 20.4 Å². The number of benzene rings is 2. The molecular weight excluding hydrogens is 370 g/mol. The SMILES string of the molecule is COc1ccc(-c2nnn(Cc3ccc(-c4nnc(C(F)F)o4)cc3)n2)cc1. The van der Waals surface area contributed by atoms with E-state index in [1.165, 1.54) is 4.80 Å². The Balaban J connectivity index is 1.46. The van der Waals surface area contributed by atoms with E-state index >= 15 is 0 Å².